The lowest BCUT2D eigenvalue weighted by molar-refractivity contribution is -0.0605. The van der Waals surface area contributed by atoms with Crippen molar-refractivity contribution in [3.63, 3.8) is 0 Å². The predicted octanol–water partition coefficient (Wildman–Crippen LogP) is 1.66. The van der Waals surface area contributed by atoms with Gasteiger partial charge in [-0.2, -0.15) is 0 Å². The number of hydrogen-bond acceptors (Lipinski definition) is 9. The van der Waals surface area contributed by atoms with Gasteiger partial charge >= 0.3 is 7.60 Å². The van der Waals surface area contributed by atoms with Gasteiger partial charge in [-0.25, -0.2) is 15.0 Å². The number of hydrogen-bond donors (Lipinski definition) is 4. The summed E-state index contributed by atoms with van der Waals surface area (Å²) in [4.78, 5) is 22.8. The molecule has 2 aromatic heterocycles. The fourth-order valence-corrected chi connectivity index (χ4v) is 4.97. The van der Waals surface area contributed by atoms with Gasteiger partial charge < -0.3 is 29.7 Å². The molecule has 1 fully saturated rings. The first-order valence-corrected chi connectivity index (χ1v) is 11.6. The van der Waals surface area contributed by atoms with Crippen molar-refractivity contribution in [1.82, 2.24) is 19.5 Å². The van der Waals surface area contributed by atoms with E-state index in [9.17, 15) is 19.7 Å². The molecule has 6 unspecified atom stereocenters. The summed E-state index contributed by atoms with van der Waals surface area (Å²) in [6.45, 7) is 6.79. The van der Waals surface area contributed by atoms with Crippen LogP contribution in [-0.4, -0.2) is 71.2 Å². The summed E-state index contributed by atoms with van der Waals surface area (Å²) >= 11 is 0. The average Bonchev–Trinajstić information content (AvgIpc) is 3.22. The highest BCUT2D eigenvalue weighted by Gasteiger charge is 2.47. The number of fused-ring (bicyclic) bond motifs is 1. The van der Waals surface area contributed by atoms with Gasteiger partial charge in [0.05, 0.1) is 23.7 Å². The molecule has 4 N–H and O–H groups in total. The third kappa shape index (κ3) is 4.37. The average molecular weight is 443 g/mol. The topological polar surface area (TPSA) is 152 Å². The standard InChI is InChI=1S/C18H30N5O6P/c1-6-10(2)30(26,27)29-18(3,4)7-11-13(24)14(25)17(28-11)23-9-22-12-15(19-5)20-8-21-16(12)23/h8-11,13-14,17,24-25H,6-7H2,1-5H3,(H,26,27)(H,19,20,21). The maximum absolute atomic E-state index is 12.5. The van der Waals surface area contributed by atoms with E-state index >= 15 is 0 Å². The van der Waals surface area contributed by atoms with E-state index in [1.54, 1.807) is 27.8 Å². The normalized spacial score (nSPS) is 27.9. The Hall–Kier alpha value is -1.62. The van der Waals surface area contributed by atoms with Gasteiger partial charge in [-0.05, 0) is 20.3 Å². The van der Waals surface area contributed by atoms with Crippen LogP contribution >= 0.6 is 7.60 Å². The van der Waals surface area contributed by atoms with Gasteiger partial charge in [0.15, 0.2) is 17.7 Å². The number of ether oxygens (including phenoxy) is 1. The molecule has 0 aliphatic carbocycles. The summed E-state index contributed by atoms with van der Waals surface area (Å²) in [7, 11) is -2.13. The van der Waals surface area contributed by atoms with Crippen LogP contribution in [0.5, 0.6) is 0 Å². The van der Waals surface area contributed by atoms with Crippen molar-refractivity contribution in [3.8, 4) is 0 Å². The van der Waals surface area contributed by atoms with E-state index in [1.165, 1.54) is 17.2 Å². The molecule has 1 aliphatic heterocycles. The summed E-state index contributed by atoms with van der Waals surface area (Å²) in [6.07, 6.45) is -0.777. The Balaban J connectivity index is 1.80. The summed E-state index contributed by atoms with van der Waals surface area (Å²) < 4.78 is 25.5. The van der Waals surface area contributed by atoms with Crippen molar-refractivity contribution >= 4 is 24.6 Å². The molecule has 0 amide bonds. The highest BCUT2D eigenvalue weighted by Crippen LogP contribution is 2.53. The van der Waals surface area contributed by atoms with Crippen LogP contribution < -0.4 is 5.32 Å². The molecule has 3 rings (SSSR count). The van der Waals surface area contributed by atoms with Crippen LogP contribution in [0.4, 0.5) is 5.82 Å². The number of aromatic nitrogens is 4. The monoisotopic (exact) mass is 443 g/mol. The molecule has 2 aromatic rings. The first-order valence-electron chi connectivity index (χ1n) is 9.91. The maximum Gasteiger partial charge on any atom is 0.331 e. The second kappa shape index (κ2) is 8.49. The van der Waals surface area contributed by atoms with Gasteiger partial charge in [0, 0.05) is 13.5 Å². The Labute approximate surface area is 175 Å². The maximum atomic E-state index is 12.5. The van der Waals surface area contributed by atoms with Crippen molar-refractivity contribution in [2.45, 2.75) is 76.3 Å². The summed E-state index contributed by atoms with van der Waals surface area (Å²) in [5.41, 5.74) is -0.625. The predicted molar refractivity (Wildman–Crippen MR) is 110 cm³/mol. The minimum absolute atomic E-state index is 0.103. The van der Waals surface area contributed by atoms with Crippen molar-refractivity contribution in [1.29, 1.82) is 0 Å². The smallest absolute Gasteiger partial charge is 0.331 e. The number of imidazole rings is 1. The van der Waals surface area contributed by atoms with E-state index in [-0.39, 0.29) is 6.42 Å². The number of anilines is 1. The fourth-order valence-electron chi connectivity index (χ4n) is 3.55. The molecule has 6 atom stereocenters. The zero-order valence-corrected chi connectivity index (χ0v) is 18.7. The number of rotatable bonds is 8. The molecule has 0 saturated carbocycles. The number of aliphatic hydroxyl groups is 2. The van der Waals surface area contributed by atoms with E-state index < -0.39 is 43.4 Å². The van der Waals surface area contributed by atoms with Crippen LogP contribution in [0.25, 0.3) is 11.2 Å². The number of nitrogens with zero attached hydrogens (tertiary/aromatic N) is 4. The Morgan fingerprint density at radius 1 is 1.33 bits per heavy atom. The molecule has 30 heavy (non-hydrogen) atoms. The Kier molecular flexibility index (Phi) is 6.52. The molecular formula is C18H30N5O6P. The molecule has 0 aromatic carbocycles. The van der Waals surface area contributed by atoms with Gasteiger partial charge in [0.2, 0.25) is 0 Å². The summed E-state index contributed by atoms with van der Waals surface area (Å²) in [5, 5.41) is 24.1. The largest absolute Gasteiger partial charge is 0.388 e. The zero-order valence-electron chi connectivity index (χ0n) is 17.8. The molecule has 0 radical (unpaired) electrons. The molecule has 1 saturated heterocycles. The second-order valence-electron chi connectivity index (χ2n) is 8.22. The third-order valence-corrected chi connectivity index (χ3v) is 7.66. The second-order valence-corrected chi connectivity index (χ2v) is 10.4. The lowest BCUT2D eigenvalue weighted by Gasteiger charge is -2.32. The van der Waals surface area contributed by atoms with Gasteiger partial charge in [-0.1, -0.05) is 13.8 Å². The van der Waals surface area contributed by atoms with Crippen LogP contribution in [0, 0.1) is 0 Å². The van der Waals surface area contributed by atoms with Gasteiger partial charge in [0.25, 0.3) is 0 Å². The minimum Gasteiger partial charge on any atom is -0.388 e. The van der Waals surface area contributed by atoms with Gasteiger partial charge in [0.1, 0.15) is 24.1 Å². The third-order valence-electron chi connectivity index (χ3n) is 5.43. The van der Waals surface area contributed by atoms with Gasteiger partial charge in [-0.3, -0.25) is 9.13 Å². The van der Waals surface area contributed by atoms with Crippen LogP contribution in [0.2, 0.25) is 0 Å². The molecule has 3 heterocycles. The van der Waals surface area contributed by atoms with Gasteiger partial charge in [-0.15, -0.1) is 0 Å². The van der Waals surface area contributed by atoms with E-state index in [0.29, 0.717) is 23.4 Å². The Bertz CT molecular complexity index is 937. The van der Waals surface area contributed by atoms with Crippen LogP contribution in [0.15, 0.2) is 12.7 Å². The SMILES string of the molecule is CCC(C)P(=O)(O)OC(C)(C)CC1OC(n2cnc3c(NC)ncnc32)C(O)C1O. The van der Waals surface area contributed by atoms with Crippen LogP contribution in [-0.2, 0) is 13.8 Å². The van der Waals surface area contributed by atoms with Crippen molar-refractivity contribution < 1.29 is 28.9 Å². The molecule has 11 nitrogen and oxygen atoms in total. The molecule has 0 spiro atoms. The quantitative estimate of drug-likeness (QED) is 0.443. The highest BCUT2D eigenvalue weighted by molar-refractivity contribution is 7.53. The zero-order chi connectivity index (χ0) is 22.3. The van der Waals surface area contributed by atoms with Crippen LogP contribution in [0.1, 0.15) is 46.8 Å². The summed E-state index contributed by atoms with van der Waals surface area (Å²) in [6, 6.07) is 0. The van der Waals surface area contributed by atoms with Crippen molar-refractivity contribution in [2.24, 2.45) is 0 Å². The molecule has 168 valence electrons. The lowest BCUT2D eigenvalue weighted by atomic mass is 9.97. The summed E-state index contributed by atoms with van der Waals surface area (Å²) in [5.74, 6) is 0.529. The molecule has 1 aliphatic rings. The van der Waals surface area contributed by atoms with Crippen molar-refractivity contribution in [2.75, 3.05) is 12.4 Å². The Morgan fingerprint density at radius 2 is 2.03 bits per heavy atom. The fraction of sp³-hybridized carbons (Fsp3) is 0.722. The van der Waals surface area contributed by atoms with E-state index in [4.69, 9.17) is 9.26 Å². The lowest BCUT2D eigenvalue weighted by Crippen LogP contribution is -2.37. The minimum atomic E-state index is -3.84. The van der Waals surface area contributed by atoms with E-state index in [0.717, 1.165) is 0 Å². The highest BCUT2D eigenvalue weighted by atomic mass is 31.2. The van der Waals surface area contributed by atoms with E-state index in [1.807, 2.05) is 6.92 Å². The molecular weight excluding hydrogens is 413 g/mol. The number of nitrogens with one attached hydrogen (secondary N) is 1. The Morgan fingerprint density at radius 3 is 2.67 bits per heavy atom. The van der Waals surface area contributed by atoms with Crippen LogP contribution in [0.3, 0.4) is 0 Å². The van der Waals surface area contributed by atoms with Crippen molar-refractivity contribution in [3.05, 3.63) is 12.7 Å². The van der Waals surface area contributed by atoms with E-state index in [2.05, 4.69) is 20.3 Å². The first-order chi connectivity index (χ1) is 14.0. The molecule has 12 heteroatoms. The molecule has 0 bridgehead atoms. The first kappa shape index (κ1) is 23.1. The number of aliphatic hydroxyl groups excluding tert-OH is 2.